The summed E-state index contributed by atoms with van der Waals surface area (Å²) in [5.74, 6) is -3.24. The van der Waals surface area contributed by atoms with Gasteiger partial charge in [0.1, 0.15) is 0 Å². The van der Waals surface area contributed by atoms with Crippen LogP contribution in [0.2, 0.25) is 5.02 Å². The molecule has 0 spiro atoms. The minimum Gasteiger partial charge on any atom is -0.455 e. The fourth-order valence-corrected chi connectivity index (χ4v) is 3.09. The Hall–Kier alpha value is -3.99. The van der Waals surface area contributed by atoms with Crippen molar-refractivity contribution in [3.8, 4) is 0 Å². The molecular weight excluding hydrogens is 444 g/mol. The number of amides is 3. The first-order valence-corrected chi connectivity index (χ1v) is 9.68. The molecule has 0 aromatic heterocycles. The van der Waals surface area contributed by atoms with Gasteiger partial charge in [0.25, 0.3) is 17.5 Å². The number of nitro groups is 1. The lowest BCUT2D eigenvalue weighted by Gasteiger charge is -2.16. The van der Waals surface area contributed by atoms with Gasteiger partial charge in [0.05, 0.1) is 10.8 Å². The predicted octanol–water partition coefficient (Wildman–Crippen LogP) is 1.61. The molecule has 1 aliphatic rings. The first-order valence-electron chi connectivity index (χ1n) is 9.31. The van der Waals surface area contributed by atoms with Crippen molar-refractivity contribution in [1.82, 2.24) is 10.9 Å². The molecule has 0 aliphatic carbocycles. The van der Waals surface area contributed by atoms with E-state index in [-0.39, 0.29) is 30.1 Å². The van der Waals surface area contributed by atoms with Gasteiger partial charge in [-0.05, 0) is 36.4 Å². The van der Waals surface area contributed by atoms with E-state index in [4.69, 9.17) is 16.3 Å². The van der Waals surface area contributed by atoms with E-state index in [9.17, 15) is 29.3 Å². The number of nitrogens with one attached hydrogen (secondary N) is 2. The van der Waals surface area contributed by atoms with E-state index in [1.807, 2.05) is 0 Å². The number of anilines is 1. The number of rotatable bonds is 6. The van der Waals surface area contributed by atoms with Crippen LogP contribution in [0.25, 0.3) is 0 Å². The Morgan fingerprint density at radius 1 is 1.09 bits per heavy atom. The first kappa shape index (κ1) is 22.7. The summed E-state index contributed by atoms with van der Waals surface area (Å²) < 4.78 is 4.94. The maximum Gasteiger partial charge on any atom is 0.311 e. The number of hydrazine groups is 1. The third-order valence-corrected chi connectivity index (χ3v) is 4.85. The number of carbonyl (C=O) groups excluding carboxylic acids is 4. The highest BCUT2D eigenvalue weighted by molar-refractivity contribution is 6.30. The maximum absolute atomic E-state index is 12.2. The lowest BCUT2D eigenvalue weighted by atomic mass is 10.1. The third-order valence-electron chi connectivity index (χ3n) is 4.60. The molecule has 3 rings (SSSR count). The standard InChI is InChI=1S/C20H17ClN4O7/c21-14-3-1-12(2-4-14)19(28)23-22-17(26)11-32-20(29)13-9-18(27)24(10-13)15-5-7-16(8-6-15)25(30)31/h1-8,13H,9-11H2,(H,22,26)(H,23,28)/t13-/m0/s1. The lowest BCUT2D eigenvalue weighted by molar-refractivity contribution is -0.384. The van der Waals surface area contributed by atoms with Gasteiger partial charge in [-0.3, -0.25) is 40.1 Å². The molecule has 0 saturated carbocycles. The molecule has 0 bridgehead atoms. The van der Waals surface area contributed by atoms with E-state index in [0.717, 1.165) is 0 Å². The number of hydrogen-bond acceptors (Lipinski definition) is 7. The van der Waals surface area contributed by atoms with E-state index in [0.29, 0.717) is 10.7 Å². The summed E-state index contributed by atoms with van der Waals surface area (Å²) in [7, 11) is 0. The lowest BCUT2D eigenvalue weighted by Crippen LogP contribution is -2.43. The smallest absolute Gasteiger partial charge is 0.311 e. The van der Waals surface area contributed by atoms with Crippen LogP contribution in [-0.2, 0) is 19.1 Å². The first-order chi connectivity index (χ1) is 15.2. The van der Waals surface area contributed by atoms with E-state index in [2.05, 4.69) is 10.9 Å². The second-order valence-corrected chi connectivity index (χ2v) is 7.23. The molecule has 1 heterocycles. The number of non-ortho nitro benzene ring substituents is 1. The van der Waals surface area contributed by atoms with Crippen molar-refractivity contribution < 1.29 is 28.8 Å². The molecule has 32 heavy (non-hydrogen) atoms. The van der Waals surface area contributed by atoms with Crippen LogP contribution >= 0.6 is 11.6 Å². The topological polar surface area (TPSA) is 148 Å². The van der Waals surface area contributed by atoms with Crippen LogP contribution in [0.3, 0.4) is 0 Å². The molecule has 0 radical (unpaired) electrons. The molecule has 12 heteroatoms. The van der Waals surface area contributed by atoms with Gasteiger partial charge in [-0.1, -0.05) is 11.6 Å². The maximum atomic E-state index is 12.2. The van der Waals surface area contributed by atoms with E-state index in [1.54, 1.807) is 0 Å². The summed E-state index contributed by atoms with van der Waals surface area (Å²) >= 11 is 5.74. The number of nitrogens with zero attached hydrogens (tertiary/aromatic N) is 2. The zero-order valence-corrected chi connectivity index (χ0v) is 17.2. The molecule has 1 aliphatic heterocycles. The molecular formula is C20H17ClN4O7. The second kappa shape index (κ2) is 9.88. The Kier molecular flexibility index (Phi) is 7.00. The highest BCUT2D eigenvalue weighted by atomic mass is 35.5. The van der Waals surface area contributed by atoms with E-state index >= 15 is 0 Å². The van der Waals surface area contributed by atoms with Crippen molar-refractivity contribution in [3.63, 3.8) is 0 Å². The molecule has 0 unspecified atom stereocenters. The van der Waals surface area contributed by atoms with Crippen molar-refractivity contribution >= 4 is 46.7 Å². The average molecular weight is 461 g/mol. The minimum absolute atomic E-state index is 0.0183. The molecule has 2 aromatic carbocycles. The number of esters is 1. The Labute approximate surface area is 186 Å². The van der Waals surface area contributed by atoms with Crippen molar-refractivity contribution in [3.05, 3.63) is 69.2 Å². The number of carbonyl (C=O) groups is 4. The monoisotopic (exact) mass is 460 g/mol. The average Bonchev–Trinajstić information content (AvgIpc) is 3.18. The minimum atomic E-state index is -0.797. The summed E-state index contributed by atoms with van der Waals surface area (Å²) in [4.78, 5) is 59.7. The Morgan fingerprint density at radius 3 is 2.38 bits per heavy atom. The highest BCUT2D eigenvalue weighted by Gasteiger charge is 2.36. The number of nitro benzene ring substituents is 1. The third kappa shape index (κ3) is 5.58. The van der Waals surface area contributed by atoms with Gasteiger partial charge < -0.3 is 9.64 Å². The number of benzene rings is 2. The largest absolute Gasteiger partial charge is 0.455 e. The summed E-state index contributed by atoms with van der Waals surface area (Å²) in [5, 5.41) is 11.2. The highest BCUT2D eigenvalue weighted by Crippen LogP contribution is 2.27. The molecule has 1 atom stereocenters. The van der Waals surface area contributed by atoms with Gasteiger partial charge in [-0.15, -0.1) is 0 Å². The number of ether oxygens (including phenoxy) is 1. The summed E-state index contributed by atoms with van der Waals surface area (Å²) in [6, 6.07) is 11.3. The molecule has 1 saturated heterocycles. The Morgan fingerprint density at radius 2 is 1.75 bits per heavy atom. The van der Waals surface area contributed by atoms with Crippen LogP contribution in [0.4, 0.5) is 11.4 Å². The molecule has 11 nitrogen and oxygen atoms in total. The molecule has 2 N–H and O–H groups in total. The van der Waals surface area contributed by atoms with Crippen LogP contribution in [-0.4, -0.2) is 41.8 Å². The van der Waals surface area contributed by atoms with Gasteiger partial charge in [-0.25, -0.2) is 0 Å². The molecule has 166 valence electrons. The number of halogens is 1. The Balaban J connectivity index is 1.46. The fourth-order valence-electron chi connectivity index (χ4n) is 2.96. The number of hydrogen-bond donors (Lipinski definition) is 2. The van der Waals surface area contributed by atoms with Crippen LogP contribution in [0.15, 0.2) is 48.5 Å². The van der Waals surface area contributed by atoms with Gasteiger partial charge in [-0.2, -0.15) is 0 Å². The van der Waals surface area contributed by atoms with Crippen LogP contribution in [0.1, 0.15) is 16.8 Å². The van der Waals surface area contributed by atoms with Crippen LogP contribution < -0.4 is 15.8 Å². The van der Waals surface area contributed by atoms with Crippen molar-refractivity contribution in [2.24, 2.45) is 5.92 Å². The summed E-state index contributed by atoms with van der Waals surface area (Å²) in [6.45, 7) is -0.633. The van der Waals surface area contributed by atoms with Gasteiger partial charge >= 0.3 is 5.97 Å². The zero-order valence-electron chi connectivity index (χ0n) is 16.4. The van der Waals surface area contributed by atoms with Crippen LogP contribution in [0.5, 0.6) is 0 Å². The predicted molar refractivity (Wildman–Crippen MR) is 112 cm³/mol. The summed E-state index contributed by atoms with van der Waals surface area (Å²) in [6.07, 6.45) is -0.120. The van der Waals surface area contributed by atoms with Crippen molar-refractivity contribution in [1.29, 1.82) is 0 Å². The zero-order chi connectivity index (χ0) is 23.3. The Bertz CT molecular complexity index is 1060. The van der Waals surface area contributed by atoms with Gasteiger partial charge in [0.15, 0.2) is 6.61 Å². The fraction of sp³-hybridized carbons (Fsp3) is 0.200. The summed E-state index contributed by atoms with van der Waals surface area (Å²) in [5.41, 5.74) is 4.86. The van der Waals surface area contributed by atoms with Gasteiger partial charge in [0.2, 0.25) is 5.91 Å². The van der Waals surface area contributed by atoms with Crippen molar-refractivity contribution in [2.45, 2.75) is 6.42 Å². The molecule has 2 aromatic rings. The van der Waals surface area contributed by atoms with E-state index in [1.165, 1.54) is 53.4 Å². The van der Waals surface area contributed by atoms with Gasteiger partial charge in [0, 0.05) is 41.4 Å². The SMILES string of the molecule is O=C(COC(=O)[C@H]1CC(=O)N(c2ccc([N+](=O)[O-])cc2)C1)NNC(=O)c1ccc(Cl)cc1. The van der Waals surface area contributed by atoms with Crippen LogP contribution in [0, 0.1) is 16.0 Å². The van der Waals surface area contributed by atoms with E-state index < -0.39 is 35.2 Å². The van der Waals surface area contributed by atoms with Crippen molar-refractivity contribution in [2.75, 3.05) is 18.1 Å². The second-order valence-electron chi connectivity index (χ2n) is 6.80. The molecule has 1 fully saturated rings. The quantitative estimate of drug-likeness (QED) is 0.378. The normalized spacial score (nSPS) is 15.2. The molecule has 3 amide bonds.